The molecule has 5 heteroatoms. The third kappa shape index (κ3) is 1.97. The number of nitrogens with zero attached hydrogens (tertiary/aromatic N) is 2. The summed E-state index contributed by atoms with van der Waals surface area (Å²) in [4.78, 5) is 13.4. The fourth-order valence-electron chi connectivity index (χ4n) is 1.51. The summed E-state index contributed by atoms with van der Waals surface area (Å²) < 4.78 is 2.17. The van der Waals surface area contributed by atoms with Crippen LogP contribution < -0.4 is 0 Å². The van der Waals surface area contributed by atoms with Gasteiger partial charge in [0.15, 0.2) is 0 Å². The Hall–Kier alpha value is 0.120. The highest BCUT2D eigenvalue weighted by Crippen LogP contribution is 2.37. The zero-order chi connectivity index (χ0) is 9.47. The first-order chi connectivity index (χ1) is 6.12. The number of piperazine rings is 1. The second-order valence-electron chi connectivity index (χ2n) is 3.73. The third-order valence-electron chi connectivity index (χ3n) is 2.63. The first-order valence-electron chi connectivity index (χ1n) is 4.54. The largest absolute Gasteiger partial charge is 0.380 e. The summed E-state index contributed by atoms with van der Waals surface area (Å²) in [6.45, 7) is 3.32. The summed E-state index contributed by atoms with van der Waals surface area (Å²) in [5.74, 6) is -0.0583. The van der Waals surface area contributed by atoms with Crippen molar-refractivity contribution in [1.29, 1.82) is 0 Å². The van der Waals surface area contributed by atoms with Crippen LogP contribution in [0.5, 0.6) is 0 Å². The maximum atomic E-state index is 11.6. The molecule has 0 aromatic rings. The van der Waals surface area contributed by atoms with Crippen LogP contribution in [0.2, 0.25) is 0 Å². The smallest absolute Gasteiger partial charge is 0.254 e. The molecule has 0 aromatic heterocycles. The molecule has 0 unspecified atom stereocenters. The van der Waals surface area contributed by atoms with Crippen LogP contribution in [0.15, 0.2) is 0 Å². The first-order valence-corrected chi connectivity index (χ1v) is 5.51. The summed E-state index contributed by atoms with van der Waals surface area (Å²) in [6, 6.07) is 0. The van der Waals surface area contributed by atoms with Crippen LogP contribution in [0, 0.1) is 0 Å². The molecule has 1 aliphatic carbocycles. The quantitative estimate of drug-likeness (QED) is 0.547. The normalized spacial score (nSPS) is 27.4. The van der Waals surface area contributed by atoms with Crippen LogP contribution in [0.25, 0.3) is 0 Å². The fraction of sp³-hybridized carbons (Fsp3) is 0.875. The molecule has 13 heavy (non-hydrogen) atoms. The molecule has 1 N–H and O–H groups in total. The lowest BCUT2D eigenvalue weighted by Gasteiger charge is -2.32. The molecular formula is C8H13IN2O2. The Kier molecular flexibility index (Phi) is 2.50. The number of carbonyl (C=O) groups is 1. The van der Waals surface area contributed by atoms with Crippen molar-refractivity contribution in [2.75, 3.05) is 26.2 Å². The van der Waals surface area contributed by atoms with E-state index in [-0.39, 0.29) is 5.91 Å². The topological polar surface area (TPSA) is 43.8 Å². The lowest BCUT2D eigenvalue weighted by molar-refractivity contribution is -0.143. The van der Waals surface area contributed by atoms with E-state index in [1.165, 1.54) is 0 Å². The number of carbonyl (C=O) groups excluding carboxylic acids is 1. The van der Waals surface area contributed by atoms with Gasteiger partial charge < -0.3 is 10.0 Å². The van der Waals surface area contributed by atoms with E-state index in [0.717, 1.165) is 26.2 Å². The number of halogens is 1. The molecule has 2 fully saturated rings. The molecule has 1 saturated carbocycles. The molecule has 0 atom stereocenters. The molecule has 4 nitrogen and oxygen atoms in total. The van der Waals surface area contributed by atoms with Gasteiger partial charge in [0.25, 0.3) is 5.91 Å². The van der Waals surface area contributed by atoms with Crippen molar-refractivity contribution in [3.63, 3.8) is 0 Å². The van der Waals surface area contributed by atoms with Gasteiger partial charge in [-0.05, 0) is 12.8 Å². The van der Waals surface area contributed by atoms with E-state index in [4.69, 9.17) is 0 Å². The highest BCUT2D eigenvalue weighted by atomic mass is 127. The predicted molar refractivity (Wildman–Crippen MR) is 56.4 cm³/mol. The summed E-state index contributed by atoms with van der Waals surface area (Å²) >= 11 is 2.26. The summed E-state index contributed by atoms with van der Waals surface area (Å²) in [6.07, 6.45) is 1.30. The van der Waals surface area contributed by atoms with Gasteiger partial charge in [0.2, 0.25) is 0 Å². The predicted octanol–water partition coefficient (Wildman–Crippen LogP) is 0.00550. The Morgan fingerprint density at radius 1 is 1.23 bits per heavy atom. The molecule has 2 aliphatic rings. The van der Waals surface area contributed by atoms with Crippen LogP contribution in [0.1, 0.15) is 12.8 Å². The fourth-order valence-corrected chi connectivity index (χ4v) is 1.94. The number of hydrogen-bond acceptors (Lipinski definition) is 3. The monoisotopic (exact) mass is 296 g/mol. The highest BCUT2D eigenvalue weighted by Gasteiger charge is 2.50. The Labute approximate surface area is 91.4 Å². The lowest BCUT2D eigenvalue weighted by atomic mass is 10.2. The van der Waals surface area contributed by atoms with Gasteiger partial charge in [-0.15, -0.1) is 0 Å². The van der Waals surface area contributed by atoms with Crippen molar-refractivity contribution in [3.8, 4) is 0 Å². The van der Waals surface area contributed by atoms with Gasteiger partial charge in [-0.25, -0.2) is 3.11 Å². The van der Waals surface area contributed by atoms with Gasteiger partial charge in [-0.2, -0.15) is 0 Å². The Bertz CT molecular complexity index is 222. The molecule has 74 valence electrons. The van der Waals surface area contributed by atoms with Crippen molar-refractivity contribution < 1.29 is 9.90 Å². The molecule has 0 bridgehead atoms. The maximum absolute atomic E-state index is 11.6. The number of aliphatic hydroxyl groups is 1. The van der Waals surface area contributed by atoms with Gasteiger partial charge >= 0.3 is 0 Å². The second kappa shape index (κ2) is 3.36. The molecule has 0 aromatic carbocycles. The van der Waals surface area contributed by atoms with E-state index in [1.54, 1.807) is 4.90 Å². The summed E-state index contributed by atoms with van der Waals surface area (Å²) in [7, 11) is 0. The van der Waals surface area contributed by atoms with Crippen molar-refractivity contribution in [2.45, 2.75) is 18.4 Å². The number of rotatable bonds is 1. The van der Waals surface area contributed by atoms with Crippen molar-refractivity contribution >= 4 is 28.8 Å². The van der Waals surface area contributed by atoms with Gasteiger partial charge in [0.1, 0.15) is 5.60 Å². The highest BCUT2D eigenvalue weighted by molar-refractivity contribution is 14.1. The van der Waals surface area contributed by atoms with E-state index in [9.17, 15) is 9.90 Å². The number of hydrogen-bond donors (Lipinski definition) is 1. The van der Waals surface area contributed by atoms with E-state index >= 15 is 0 Å². The summed E-state index contributed by atoms with van der Waals surface area (Å²) in [5, 5.41) is 9.61. The van der Waals surface area contributed by atoms with E-state index in [1.807, 2.05) is 0 Å². The van der Waals surface area contributed by atoms with Gasteiger partial charge in [-0.3, -0.25) is 4.79 Å². The Balaban J connectivity index is 1.91. The molecule has 1 amide bonds. The van der Waals surface area contributed by atoms with Crippen LogP contribution in [-0.2, 0) is 4.79 Å². The molecule has 0 radical (unpaired) electrons. The minimum atomic E-state index is -0.979. The SMILES string of the molecule is O=C(N1CCN(I)CC1)C1(O)CC1. The van der Waals surface area contributed by atoms with Crippen LogP contribution in [0.3, 0.4) is 0 Å². The van der Waals surface area contributed by atoms with Gasteiger partial charge in [-0.1, -0.05) is 0 Å². The minimum Gasteiger partial charge on any atom is -0.380 e. The number of amides is 1. The third-order valence-corrected chi connectivity index (χ3v) is 3.60. The minimum absolute atomic E-state index is 0.0583. The van der Waals surface area contributed by atoms with Crippen LogP contribution in [0.4, 0.5) is 0 Å². The van der Waals surface area contributed by atoms with Crippen molar-refractivity contribution in [3.05, 3.63) is 0 Å². The van der Waals surface area contributed by atoms with Crippen molar-refractivity contribution in [1.82, 2.24) is 8.01 Å². The molecular weight excluding hydrogens is 283 g/mol. The molecule has 0 spiro atoms. The first kappa shape index (κ1) is 9.67. The molecule has 1 aliphatic heterocycles. The average molecular weight is 296 g/mol. The maximum Gasteiger partial charge on any atom is 0.254 e. The van der Waals surface area contributed by atoms with Crippen LogP contribution >= 0.6 is 22.9 Å². The van der Waals surface area contributed by atoms with E-state index < -0.39 is 5.60 Å². The van der Waals surface area contributed by atoms with E-state index in [2.05, 4.69) is 26.0 Å². The standard InChI is InChI=1S/C8H13IN2O2/c9-11-5-3-10(4-6-11)7(12)8(13)1-2-8/h13H,1-6H2. The van der Waals surface area contributed by atoms with Crippen LogP contribution in [-0.4, -0.2) is 50.8 Å². The van der Waals surface area contributed by atoms with Crippen molar-refractivity contribution in [2.24, 2.45) is 0 Å². The lowest BCUT2D eigenvalue weighted by Crippen LogP contribution is -2.49. The van der Waals surface area contributed by atoms with E-state index in [0.29, 0.717) is 12.8 Å². The van der Waals surface area contributed by atoms with Gasteiger partial charge in [0.05, 0.1) is 0 Å². The molecule has 1 saturated heterocycles. The van der Waals surface area contributed by atoms with Gasteiger partial charge in [0, 0.05) is 49.0 Å². The Morgan fingerprint density at radius 3 is 2.23 bits per heavy atom. The molecule has 2 rings (SSSR count). The Morgan fingerprint density at radius 2 is 1.77 bits per heavy atom. The molecule has 1 heterocycles. The summed E-state index contributed by atoms with van der Waals surface area (Å²) in [5.41, 5.74) is -0.979. The average Bonchev–Trinajstić information content (AvgIpc) is 2.85. The zero-order valence-electron chi connectivity index (χ0n) is 7.37. The second-order valence-corrected chi connectivity index (χ2v) is 5.10. The zero-order valence-corrected chi connectivity index (χ0v) is 9.53.